The van der Waals surface area contributed by atoms with Crippen molar-refractivity contribution < 1.29 is 0 Å². The summed E-state index contributed by atoms with van der Waals surface area (Å²) in [6, 6.07) is 25.2. The molecule has 1 unspecified atom stereocenters. The average molecular weight is 562 g/mol. The van der Waals surface area contributed by atoms with Gasteiger partial charge < -0.3 is 10.6 Å². The van der Waals surface area contributed by atoms with Crippen LogP contribution in [0.2, 0.25) is 5.02 Å². The lowest BCUT2D eigenvalue weighted by Crippen LogP contribution is -2.20. The first-order valence-corrected chi connectivity index (χ1v) is 14.3. The van der Waals surface area contributed by atoms with Gasteiger partial charge in [0.2, 0.25) is 0 Å². The number of benzene rings is 3. The van der Waals surface area contributed by atoms with Gasteiger partial charge in [-0.15, -0.1) is 5.10 Å². The third-order valence-corrected chi connectivity index (χ3v) is 7.51. The van der Waals surface area contributed by atoms with Crippen LogP contribution in [-0.2, 0) is 0 Å². The fourth-order valence-electron chi connectivity index (χ4n) is 4.94. The van der Waals surface area contributed by atoms with E-state index in [1.54, 1.807) is 6.20 Å². The molecular weight excluding hydrogens is 530 g/mol. The van der Waals surface area contributed by atoms with Crippen LogP contribution in [0.5, 0.6) is 0 Å². The summed E-state index contributed by atoms with van der Waals surface area (Å²) in [6.45, 7) is 7.14. The second kappa shape index (κ2) is 10.9. The SMILES string of the molecule is CC(C)(C)CNc1c(C#N)cnc2c(Cl)cc(NC(c3cccc(-c4ccccc4)c3)c3cn(C4CC4)nn3)cc12. The van der Waals surface area contributed by atoms with Crippen LogP contribution in [0, 0.1) is 16.7 Å². The van der Waals surface area contributed by atoms with Crippen LogP contribution in [0.4, 0.5) is 11.4 Å². The number of pyridine rings is 1. The van der Waals surface area contributed by atoms with Gasteiger partial charge in [0.05, 0.1) is 40.1 Å². The van der Waals surface area contributed by atoms with E-state index >= 15 is 0 Å². The minimum Gasteiger partial charge on any atom is -0.383 e. The Balaban J connectivity index is 1.43. The van der Waals surface area contributed by atoms with E-state index in [0.29, 0.717) is 28.7 Å². The number of nitrogens with zero attached hydrogens (tertiary/aromatic N) is 5. The zero-order chi connectivity index (χ0) is 28.6. The van der Waals surface area contributed by atoms with Crippen LogP contribution < -0.4 is 10.6 Å². The van der Waals surface area contributed by atoms with Crippen LogP contribution in [0.1, 0.15) is 62.5 Å². The largest absolute Gasteiger partial charge is 0.383 e. The highest BCUT2D eigenvalue weighted by molar-refractivity contribution is 6.35. The maximum Gasteiger partial charge on any atom is 0.109 e. The van der Waals surface area contributed by atoms with E-state index in [4.69, 9.17) is 11.6 Å². The van der Waals surface area contributed by atoms with Gasteiger partial charge in [-0.2, -0.15) is 5.26 Å². The van der Waals surface area contributed by atoms with Crippen molar-refractivity contribution in [3.63, 3.8) is 0 Å². The van der Waals surface area contributed by atoms with E-state index in [2.05, 4.69) is 89.2 Å². The van der Waals surface area contributed by atoms with Crippen LogP contribution in [-0.4, -0.2) is 26.5 Å². The maximum absolute atomic E-state index is 9.86. The number of nitrogens with one attached hydrogen (secondary N) is 2. The fraction of sp³-hybridized carbons (Fsp3) is 0.273. The molecule has 206 valence electrons. The number of hydrogen-bond acceptors (Lipinski definition) is 6. The molecule has 0 radical (unpaired) electrons. The van der Waals surface area contributed by atoms with Gasteiger partial charge in [0, 0.05) is 23.8 Å². The first-order valence-electron chi connectivity index (χ1n) is 13.9. The van der Waals surface area contributed by atoms with E-state index in [1.165, 1.54) is 0 Å². The lowest BCUT2D eigenvalue weighted by atomic mass is 9.96. The molecule has 0 aliphatic heterocycles. The van der Waals surface area contributed by atoms with Gasteiger partial charge in [-0.1, -0.05) is 86.1 Å². The molecule has 1 fully saturated rings. The van der Waals surface area contributed by atoms with Crippen molar-refractivity contribution in [3.05, 3.63) is 101 Å². The fourth-order valence-corrected chi connectivity index (χ4v) is 5.20. The monoisotopic (exact) mass is 561 g/mol. The summed E-state index contributed by atoms with van der Waals surface area (Å²) in [5, 5.41) is 27.4. The molecule has 1 saturated carbocycles. The van der Waals surface area contributed by atoms with Gasteiger partial charge in [-0.25, -0.2) is 4.68 Å². The van der Waals surface area contributed by atoms with Crippen LogP contribution in [0.15, 0.2) is 79.1 Å². The molecule has 1 aliphatic rings. The minimum absolute atomic E-state index is 0.0181. The Bertz CT molecular complexity index is 1740. The summed E-state index contributed by atoms with van der Waals surface area (Å²) in [5.74, 6) is 0. The first kappa shape index (κ1) is 26.8. The summed E-state index contributed by atoms with van der Waals surface area (Å²) < 4.78 is 1.97. The summed E-state index contributed by atoms with van der Waals surface area (Å²) in [6.07, 6.45) is 5.88. The molecule has 41 heavy (non-hydrogen) atoms. The molecule has 8 heteroatoms. The van der Waals surface area contributed by atoms with Crippen molar-refractivity contribution in [3.8, 4) is 17.2 Å². The zero-order valence-corrected chi connectivity index (χ0v) is 24.2. The van der Waals surface area contributed by atoms with E-state index in [0.717, 1.165) is 52.0 Å². The van der Waals surface area contributed by atoms with Crippen molar-refractivity contribution >= 4 is 33.9 Å². The molecule has 5 aromatic rings. The molecule has 0 spiro atoms. The maximum atomic E-state index is 9.86. The van der Waals surface area contributed by atoms with Crippen molar-refractivity contribution in [1.29, 1.82) is 5.26 Å². The van der Waals surface area contributed by atoms with Gasteiger partial charge in [-0.3, -0.25) is 4.98 Å². The predicted molar refractivity (Wildman–Crippen MR) is 165 cm³/mol. The highest BCUT2D eigenvalue weighted by Crippen LogP contribution is 2.38. The Morgan fingerprint density at radius 1 is 1.05 bits per heavy atom. The topological polar surface area (TPSA) is 91.5 Å². The van der Waals surface area contributed by atoms with E-state index in [9.17, 15) is 5.26 Å². The molecule has 1 atom stereocenters. The average Bonchev–Trinajstić information content (AvgIpc) is 3.71. The Hall–Kier alpha value is -4.41. The third kappa shape index (κ3) is 5.89. The zero-order valence-electron chi connectivity index (χ0n) is 23.4. The number of rotatable bonds is 8. The van der Waals surface area contributed by atoms with Gasteiger partial charge in [0.25, 0.3) is 0 Å². The Morgan fingerprint density at radius 3 is 2.56 bits per heavy atom. The molecule has 0 saturated heterocycles. The Kier molecular flexibility index (Phi) is 7.10. The predicted octanol–water partition coefficient (Wildman–Crippen LogP) is 8.01. The molecule has 3 aromatic carbocycles. The summed E-state index contributed by atoms with van der Waals surface area (Å²) >= 11 is 6.81. The second-order valence-corrected chi connectivity index (χ2v) is 12.3. The second-order valence-electron chi connectivity index (χ2n) is 11.9. The number of hydrogen-bond donors (Lipinski definition) is 2. The van der Waals surface area contributed by atoms with Crippen molar-refractivity contribution in [2.75, 3.05) is 17.2 Å². The lowest BCUT2D eigenvalue weighted by Gasteiger charge is -2.22. The quantitative estimate of drug-likeness (QED) is 0.199. The summed E-state index contributed by atoms with van der Waals surface area (Å²) in [5.41, 5.74) is 6.84. The number of anilines is 2. The molecule has 2 aromatic heterocycles. The standard InChI is InChI=1S/C33H32ClN7/c1-33(2,3)20-37-30-24(17-35)18-36-32-27(30)15-25(16-28(32)34)38-31(29-19-41(40-39-29)26-12-13-26)23-11-7-10-22(14-23)21-8-5-4-6-9-21/h4-11,14-16,18-19,26,31,38H,12-13,20H2,1-3H3,(H,36,37). The van der Waals surface area contributed by atoms with E-state index in [-0.39, 0.29) is 11.5 Å². The number of nitriles is 1. The Labute approximate surface area is 245 Å². The number of fused-ring (bicyclic) bond motifs is 1. The number of halogens is 1. The van der Waals surface area contributed by atoms with Crippen molar-refractivity contribution in [2.24, 2.45) is 5.41 Å². The Morgan fingerprint density at radius 2 is 1.83 bits per heavy atom. The number of aromatic nitrogens is 4. The molecule has 2 N–H and O–H groups in total. The summed E-state index contributed by atoms with van der Waals surface area (Å²) in [7, 11) is 0. The summed E-state index contributed by atoms with van der Waals surface area (Å²) in [4.78, 5) is 4.52. The van der Waals surface area contributed by atoms with Gasteiger partial charge in [0.1, 0.15) is 11.8 Å². The smallest absolute Gasteiger partial charge is 0.109 e. The highest BCUT2D eigenvalue weighted by atomic mass is 35.5. The first-order chi connectivity index (χ1) is 19.8. The van der Waals surface area contributed by atoms with Crippen molar-refractivity contribution in [2.45, 2.75) is 45.7 Å². The molecule has 0 amide bonds. The molecular formula is C33H32ClN7. The molecule has 7 nitrogen and oxygen atoms in total. The van der Waals surface area contributed by atoms with Crippen molar-refractivity contribution in [1.82, 2.24) is 20.0 Å². The molecule has 1 aliphatic carbocycles. The normalized spacial score (nSPS) is 14.0. The van der Waals surface area contributed by atoms with Crippen LogP contribution >= 0.6 is 11.6 Å². The van der Waals surface area contributed by atoms with Gasteiger partial charge >= 0.3 is 0 Å². The molecule has 6 rings (SSSR count). The van der Waals surface area contributed by atoms with E-state index < -0.39 is 0 Å². The third-order valence-electron chi connectivity index (χ3n) is 7.22. The highest BCUT2D eigenvalue weighted by Gasteiger charge is 2.27. The molecule has 2 heterocycles. The van der Waals surface area contributed by atoms with Gasteiger partial charge in [0.15, 0.2) is 0 Å². The lowest BCUT2D eigenvalue weighted by molar-refractivity contribution is 0.443. The van der Waals surface area contributed by atoms with Crippen LogP contribution in [0.25, 0.3) is 22.0 Å². The minimum atomic E-state index is -0.280. The molecule has 0 bridgehead atoms. The van der Waals surface area contributed by atoms with E-state index in [1.807, 2.05) is 41.2 Å². The van der Waals surface area contributed by atoms with Crippen LogP contribution in [0.3, 0.4) is 0 Å². The van der Waals surface area contributed by atoms with Gasteiger partial charge in [-0.05, 0) is 53.1 Å².